The van der Waals surface area contributed by atoms with Gasteiger partial charge in [-0.05, 0) is 20.8 Å². The first-order valence-corrected chi connectivity index (χ1v) is 7.73. The highest BCUT2D eigenvalue weighted by atomic mass is 16.5. The second kappa shape index (κ2) is 6.62. The van der Waals surface area contributed by atoms with Crippen LogP contribution in [0.2, 0.25) is 0 Å². The fraction of sp³-hybridized carbons (Fsp3) is 0.222. The van der Waals surface area contributed by atoms with Gasteiger partial charge in [-0.3, -0.25) is 4.79 Å². The summed E-state index contributed by atoms with van der Waals surface area (Å²) in [5.41, 5.74) is 2.20. The third kappa shape index (κ3) is 3.03. The molecule has 0 fully saturated rings. The van der Waals surface area contributed by atoms with E-state index in [1.165, 1.54) is 6.92 Å². The molecule has 6 heteroatoms. The van der Waals surface area contributed by atoms with E-state index in [1.54, 1.807) is 16.9 Å². The number of benzene rings is 1. The van der Waals surface area contributed by atoms with Gasteiger partial charge in [0.15, 0.2) is 17.4 Å². The van der Waals surface area contributed by atoms with E-state index < -0.39 is 0 Å². The molecule has 2 aromatic heterocycles. The van der Waals surface area contributed by atoms with Crippen molar-refractivity contribution in [3.8, 4) is 23.1 Å². The van der Waals surface area contributed by atoms with Crippen LogP contribution in [0.4, 0.5) is 0 Å². The van der Waals surface area contributed by atoms with Crippen LogP contribution in [0.15, 0.2) is 42.6 Å². The van der Waals surface area contributed by atoms with Gasteiger partial charge in [0.1, 0.15) is 0 Å². The van der Waals surface area contributed by atoms with Gasteiger partial charge in [0.25, 0.3) is 0 Å². The van der Waals surface area contributed by atoms with Crippen LogP contribution in [0.5, 0.6) is 5.88 Å². The van der Waals surface area contributed by atoms with Crippen LogP contribution in [-0.2, 0) is 0 Å². The van der Waals surface area contributed by atoms with Gasteiger partial charge >= 0.3 is 0 Å². The summed E-state index contributed by atoms with van der Waals surface area (Å²) in [7, 11) is 0. The summed E-state index contributed by atoms with van der Waals surface area (Å²) in [5, 5.41) is 4.29. The van der Waals surface area contributed by atoms with E-state index in [4.69, 9.17) is 4.74 Å². The quantitative estimate of drug-likeness (QED) is 0.674. The monoisotopic (exact) mass is 322 g/mol. The van der Waals surface area contributed by atoms with Gasteiger partial charge in [0, 0.05) is 11.6 Å². The van der Waals surface area contributed by atoms with Gasteiger partial charge in [0.2, 0.25) is 5.88 Å². The molecule has 3 rings (SSSR count). The molecule has 0 saturated heterocycles. The van der Waals surface area contributed by atoms with E-state index in [-0.39, 0.29) is 5.78 Å². The molecule has 0 aliphatic rings. The Kier molecular flexibility index (Phi) is 4.37. The van der Waals surface area contributed by atoms with Gasteiger partial charge in [-0.1, -0.05) is 30.3 Å². The molecule has 0 aliphatic heterocycles. The normalized spacial score (nSPS) is 10.6. The van der Waals surface area contributed by atoms with Crippen molar-refractivity contribution in [1.82, 2.24) is 19.7 Å². The van der Waals surface area contributed by atoms with Crippen molar-refractivity contribution >= 4 is 5.78 Å². The number of rotatable bonds is 5. The highest BCUT2D eigenvalue weighted by molar-refractivity contribution is 5.95. The molecule has 122 valence electrons. The average Bonchev–Trinajstić information content (AvgIpc) is 2.97. The van der Waals surface area contributed by atoms with Crippen LogP contribution in [0.25, 0.3) is 17.2 Å². The summed E-state index contributed by atoms with van der Waals surface area (Å²) in [6.45, 7) is 5.77. The van der Waals surface area contributed by atoms with Crippen molar-refractivity contribution in [3.63, 3.8) is 0 Å². The van der Waals surface area contributed by atoms with Gasteiger partial charge in [-0.2, -0.15) is 10.1 Å². The lowest BCUT2D eigenvalue weighted by atomic mass is 10.2. The third-order valence-electron chi connectivity index (χ3n) is 3.62. The van der Waals surface area contributed by atoms with E-state index in [9.17, 15) is 4.79 Å². The molecule has 0 N–H and O–H groups in total. The van der Waals surface area contributed by atoms with E-state index in [0.717, 1.165) is 11.3 Å². The Hall–Kier alpha value is -3.02. The first-order valence-electron chi connectivity index (χ1n) is 7.73. The predicted molar refractivity (Wildman–Crippen MR) is 90.5 cm³/mol. The van der Waals surface area contributed by atoms with E-state index in [0.29, 0.717) is 29.7 Å². The average molecular weight is 322 g/mol. The molecule has 1 aromatic carbocycles. The SMILES string of the molecule is CCOc1cc(-n2ncc(C(C)=O)c2C)nc(-c2ccccc2)n1. The minimum atomic E-state index is -0.0267. The fourth-order valence-electron chi connectivity index (χ4n) is 2.45. The fourth-order valence-corrected chi connectivity index (χ4v) is 2.45. The van der Waals surface area contributed by atoms with Crippen LogP contribution in [0.1, 0.15) is 29.9 Å². The van der Waals surface area contributed by atoms with Crippen molar-refractivity contribution in [3.05, 3.63) is 53.9 Å². The summed E-state index contributed by atoms with van der Waals surface area (Å²) in [4.78, 5) is 20.7. The number of ether oxygens (including phenoxy) is 1. The maximum Gasteiger partial charge on any atom is 0.219 e. The van der Waals surface area contributed by atoms with Crippen molar-refractivity contribution in [2.45, 2.75) is 20.8 Å². The molecule has 0 unspecified atom stereocenters. The first-order chi connectivity index (χ1) is 11.6. The molecule has 24 heavy (non-hydrogen) atoms. The maximum absolute atomic E-state index is 11.7. The van der Waals surface area contributed by atoms with E-state index in [2.05, 4.69) is 15.1 Å². The molecule has 3 aromatic rings. The molecular formula is C18H18N4O2. The molecule has 0 spiro atoms. The van der Waals surface area contributed by atoms with Crippen LogP contribution in [0, 0.1) is 6.92 Å². The highest BCUT2D eigenvalue weighted by Gasteiger charge is 2.15. The van der Waals surface area contributed by atoms with Crippen molar-refractivity contribution < 1.29 is 9.53 Å². The molecular weight excluding hydrogens is 304 g/mol. The summed E-state index contributed by atoms with van der Waals surface area (Å²) >= 11 is 0. The largest absolute Gasteiger partial charge is 0.478 e. The van der Waals surface area contributed by atoms with Crippen LogP contribution in [0.3, 0.4) is 0 Å². The van der Waals surface area contributed by atoms with Gasteiger partial charge < -0.3 is 4.74 Å². The number of hydrogen-bond donors (Lipinski definition) is 0. The summed E-state index contributed by atoms with van der Waals surface area (Å²) in [6.07, 6.45) is 1.56. The van der Waals surface area contributed by atoms with Gasteiger partial charge in [0.05, 0.1) is 24.1 Å². The minimum absolute atomic E-state index is 0.0267. The number of carbonyl (C=O) groups is 1. The Morgan fingerprint density at radius 1 is 1.21 bits per heavy atom. The van der Waals surface area contributed by atoms with Crippen LogP contribution in [-0.4, -0.2) is 32.1 Å². The van der Waals surface area contributed by atoms with Crippen molar-refractivity contribution in [2.24, 2.45) is 0 Å². The molecule has 6 nitrogen and oxygen atoms in total. The molecule has 2 heterocycles. The van der Waals surface area contributed by atoms with Gasteiger partial charge in [-0.15, -0.1) is 0 Å². The molecule has 0 aliphatic carbocycles. The Morgan fingerprint density at radius 2 is 1.96 bits per heavy atom. The zero-order valence-electron chi connectivity index (χ0n) is 13.9. The first kappa shape index (κ1) is 15.9. The number of Topliss-reactive ketones (excluding diaryl/α,β-unsaturated/α-hetero) is 1. The zero-order valence-corrected chi connectivity index (χ0v) is 13.9. The van der Waals surface area contributed by atoms with E-state index in [1.807, 2.05) is 44.2 Å². The maximum atomic E-state index is 11.7. The van der Waals surface area contributed by atoms with Crippen molar-refractivity contribution in [1.29, 1.82) is 0 Å². The Bertz CT molecular complexity index is 872. The zero-order chi connectivity index (χ0) is 17.1. The Labute approximate surface area is 140 Å². The smallest absolute Gasteiger partial charge is 0.219 e. The standard InChI is InChI=1S/C18H18N4O2/c1-4-24-17-10-16(22-12(2)15(11-19-22)13(3)23)20-18(21-17)14-8-6-5-7-9-14/h5-11H,4H2,1-3H3. The number of aromatic nitrogens is 4. The molecule has 0 atom stereocenters. The summed E-state index contributed by atoms with van der Waals surface area (Å²) < 4.78 is 7.20. The van der Waals surface area contributed by atoms with Crippen LogP contribution >= 0.6 is 0 Å². The van der Waals surface area contributed by atoms with Crippen LogP contribution < -0.4 is 4.74 Å². The molecule has 0 bridgehead atoms. The second-order valence-corrected chi connectivity index (χ2v) is 5.30. The second-order valence-electron chi connectivity index (χ2n) is 5.30. The topological polar surface area (TPSA) is 69.9 Å². The van der Waals surface area contributed by atoms with Gasteiger partial charge in [-0.25, -0.2) is 9.67 Å². The highest BCUT2D eigenvalue weighted by Crippen LogP contribution is 2.22. The molecule has 0 saturated carbocycles. The molecule has 0 amide bonds. The predicted octanol–water partition coefficient (Wildman–Crippen LogP) is 3.24. The van der Waals surface area contributed by atoms with E-state index >= 15 is 0 Å². The minimum Gasteiger partial charge on any atom is -0.478 e. The molecule has 0 radical (unpaired) electrons. The summed E-state index contributed by atoms with van der Waals surface area (Å²) in [5.74, 6) is 1.56. The number of carbonyl (C=O) groups excluding carboxylic acids is 1. The lowest BCUT2D eigenvalue weighted by Gasteiger charge is -2.10. The lowest BCUT2D eigenvalue weighted by molar-refractivity contribution is 0.101. The summed E-state index contributed by atoms with van der Waals surface area (Å²) in [6, 6.07) is 11.4. The van der Waals surface area contributed by atoms with Crippen molar-refractivity contribution in [2.75, 3.05) is 6.61 Å². The lowest BCUT2D eigenvalue weighted by Crippen LogP contribution is -2.07. The number of ketones is 1. The number of nitrogens with zero attached hydrogens (tertiary/aromatic N) is 4. The Morgan fingerprint density at radius 3 is 2.58 bits per heavy atom. The third-order valence-corrected chi connectivity index (χ3v) is 3.62. The Balaban J connectivity index is 2.14. The number of hydrogen-bond acceptors (Lipinski definition) is 5.